The Balaban J connectivity index is 1.55. The number of likely N-dealkylation sites (tertiary alicyclic amines) is 1. The Bertz CT molecular complexity index is 680. The maximum absolute atomic E-state index is 12.7. The zero-order chi connectivity index (χ0) is 19.1. The highest BCUT2D eigenvalue weighted by Crippen LogP contribution is 2.47. The van der Waals surface area contributed by atoms with E-state index in [-0.39, 0.29) is 36.1 Å². The summed E-state index contributed by atoms with van der Waals surface area (Å²) in [6.07, 6.45) is 5.27. The van der Waals surface area contributed by atoms with Gasteiger partial charge in [-0.1, -0.05) is 20.8 Å². The molecular weight excluding hydrogens is 334 g/mol. The van der Waals surface area contributed by atoms with Crippen LogP contribution < -0.4 is 5.32 Å². The Hall–Kier alpha value is -2.09. The van der Waals surface area contributed by atoms with Crippen LogP contribution in [0.4, 0.5) is 4.79 Å². The average molecular weight is 363 g/mol. The van der Waals surface area contributed by atoms with E-state index < -0.39 is 5.97 Å². The van der Waals surface area contributed by atoms with Gasteiger partial charge in [-0.3, -0.25) is 9.69 Å². The lowest BCUT2D eigenvalue weighted by molar-refractivity contribution is -0.139. The van der Waals surface area contributed by atoms with Crippen LogP contribution in [-0.4, -0.2) is 68.2 Å². The first-order valence-corrected chi connectivity index (χ1v) is 9.23. The highest BCUT2D eigenvalue weighted by molar-refractivity contribution is 5.76. The minimum absolute atomic E-state index is 0.000893. The van der Waals surface area contributed by atoms with Gasteiger partial charge >= 0.3 is 12.0 Å². The summed E-state index contributed by atoms with van der Waals surface area (Å²) < 4.78 is 1.97. The molecule has 0 radical (unpaired) electrons. The van der Waals surface area contributed by atoms with Gasteiger partial charge in [-0.25, -0.2) is 9.78 Å². The summed E-state index contributed by atoms with van der Waals surface area (Å²) in [6.45, 7) is 7.74. The molecule has 2 amide bonds. The number of hydrogen-bond donors (Lipinski definition) is 2. The SMILES string of the molecule is CCN(CC(=O)O)C1CC(NC(=O)N2CC(C)(C)C2c2nccn2C)C1. The summed E-state index contributed by atoms with van der Waals surface area (Å²) in [5, 5.41) is 12.1. The third kappa shape index (κ3) is 3.42. The van der Waals surface area contributed by atoms with Crippen molar-refractivity contribution in [3.63, 3.8) is 0 Å². The fraction of sp³-hybridized carbons (Fsp3) is 0.722. The molecule has 1 aromatic rings. The maximum Gasteiger partial charge on any atom is 0.318 e. The number of carboxylic acids is 1. The van der Waals surface area contributed by atoms with Crippen molar-refractivity contribution in [2.45, 2.75) is 51.7 Å². The highest BCUT2D eigenvalue weighted by atomic mass is 16.4. The van der Waals surface area contributed by atoms with Gasteiger partial charge < -0.3 is 19.9 Å². The van der Waals surface area contributed by atoms with E-state index in [2.05, 4.69) is 24.1 Å². The van der Waals surface area contributed by atoms with Gasteiger partial charge in [-0.2, -0.15) is 0 Å². The predicted octanol–water partition coefficient (Wildman–Crippen LogP) is 1.45. The second kappa shape index (κ2) is 6.90. The molecule has 3 rings (SSSR count). The molecule has 1 atom stereocenters. The van der Waals surface area contributed by atoms with Crippen LogP contribution in [-0.2, 0) is 11.8 Å². The Kier molecular flexibility index (Phi) is 4.96. The van der Waals surface area contributed by atoms with Crippen LogP contribution >= 0.6 is 0 Å². The number of aliphatic carboxylic acids is 1. The van der Waals surface area contributed by atoms with Crippen molar-refractivity contribution >= 4 is 12.0 Å². The molecule has 8 heteroatoms. The monoisotopic (exact) mass is 363 g/mol. The number of likely N-dealkylation sites (N-methyl/N-ethyl adjacent to an activating group) is 1. The molecule has 2 fully saturated rings. The summed E-state index contributed by atoms with van der Waals surface area (Å²) in [6, 6.07) is 0.264. The highest BCUT2D eigenvalue weighted by Gasteiger charge is 2.51. The Morgan fingerprint density at radius 2 is 2.12 bits per heavy atom. The molecule has 0 aromatic carbocycles. The smallest absolute Gasteiger partial charge is 0.318 e. The molecule has 1 aliphatic carbocycles. The maximum atomic E-state index is 12.7. The van der Waals surface area contributed by atoms with Crippen LogP contribution in [0.3, 0.4) is 0 Å². The van der Waals surface area contributed by atoms with E-state index in [9.17, 15) is 9.59 Å². The minimum atomic E-state index is -0.806. The lowest BCUT2D eigenvalue weighted by Crippen LogP contribution is -2.64. The molecule has 144 valence electrons. The van der Waals surface area contributed by atoms with E-state index in [1.54, 1.807) is 6.20 Å². The number of amides is 2. The van der Waals surface area contributed by atoms with Gasteiger partial charge in [0.2, 0.25) is 0 Å². The molecule has 2 heterocycles. The molecule has 1 saturated heterocycles. The van der Waals surface area contributed by atoms with E-state index in [1.807, 2.05) is 34.5 Å². The van der Waals surface area contributed by atoms with Gasteiger partial charge in [0, 0.05) is 43.5 Å². The normalized spacial score (nSPS) is 27.0. The quantitative estimate of drug-likeness (QED) is 0.798. The number of carboxylic acid groups (broad SMARTS) is 1. The van der Waals surface area contributed by atoms with Crippen LogP contribution in [0.15, 0.2) is 12.4 Å². The zero-order valence-corrected chi connectivity index (χ0v) is 16.0. The molecule has 0 spiro atoms. The van der Waals surface area contributed by atoms with Gasteiger partial charge in [0.15, 0.2) is 0 Å². The van der Waals surface area contributed by atoms with Crippen LogP contribution in [0.1, 0.15) is 45.5 Å². The number of carbonyl (C=O) groups excluding carboxylic acids is 1. The van der Waals surface area contributed by atoms with Gasteiger partial charge in [-0.05, 0) is 19.4 Å². The number of aromatic nitrogens is 2. The van der Waals surface area contributed by atoms with E-state index >= 15 is 0 Å². The number of aryl methyl sites for hydroxylation is 1. The van der Waals surface area contributed by atoms with Gasteiger partial charge in [0.05, 0.1) is 12.6 Å². The number of imidazole rings is 1. The van der Waals surface area contributed by atoms with Crippen molar-refractivity contribution < 1.29 is 14.7 Å². The van der Waals surface area contributed by atoms with E-state index in [0.29, 0.717) is 13.1 Å². The van der Waals surface area contributed by atoms with Crippen LogP contribution in [0.2, 0.25) is 0 Å². The van der Waals surface area contributed by atoms with E-state index in [1.165, 1.54) is 0 Å². The molecule has 0 bridgehead atoms. The average Bonchev–Trinajstić information content (AvgIpc) is 2.91. The molecule has 1 aliphatic heterocycles. The standard InChI is InChI=1S/C18H29N5O3/c1-5-22(10-14(24)25)13-8-12(9-13)20-17(26)23-11-18(2,3)15(23)16-19-6-7-21(16)4/h6-7,12-13,15H,5,8-11H2,1-4H3,(H,20,26)(H,24,25). The topological polar surface area (TPSA) is 90.7 Å². The number of hydrogen-bond acceptors (Lipinski definition) is 4. The summed E-state index contributed by atoms with van der Waals surface area (Å²) in [4.78, 5) is 31.9. The summed E-state index contributed by atoms with van der Waals surface area (Å²) in [5.74, 6) is 0.0987. The van der Waals surface area contributed by atoms with Crippen molar-refractivity contribution in [1.29, 1.82) is 0 Å². The largest absolute Gasteiger partial charge is 0.480 e. The van der Waals surface area contributed by atoms with Crippen molar-refractivity contribution in [1.82, 2.24) is 24.7 Å². The molecule has 2 aliphatic rings. The number of carbonyl (C=O) groups is 2. The Morgan fingerprint density at radius 3 is 2.62 bits per heavy atom. The first kappa shape index (κ1) is 18.7. The van der Waals surface area contributed by atoms with Crippen molar-refractivity contribution in [3.8, 4) is 0 Å². The number of nitrogens with zero attached hydrogens (tertiary/aromatic N) is 4. The fourth-order valence-electron chi connectivity index (χ4n) is 4.18. The van der Waals surface area contributed by atoms with Crippen LogP contribution in [0.25, 0.3) is 0 Å². The Morgan fingerprint density at radius 1 is 1.42 bits per heavy atom. The third-order valence-electron chi connectivity index (χ3n) is 5.70. The molecule has 8 nitrogen and oxygen atoms in total. The van der Waals surface area contributed by atoms with Crippen LogP contribution in [0, 0.1) is 5.41 Å². The second-order valence-electron chi connectivity index (χ2n) is 8.14. The molecule has 1 aromatic heterocycles. The molecular formula is C18H29N5O3. The zero-order valence-electron chi connectivity index (χ0n) is 16.0. The Labute approximate surface area is 154 Å². The lowest BCUT2D eigenvalue weighted by atomic mass is 9.74. The summed E-state index contributed by atoms with van der Waals surface area (Å²) >= 11 is 0. The first-order valence-electron chi connectivity index (χ1n) is 9.23. The van der Waals surface area contributed by atoms with Crippen molar-refractivity contribution in [3.05, 3.63) is 18.2 Å². The number of nitrogens with one attached hydrogen (secondary N) is 1. The van der Waals surface area contributed by atoms with Crippen molar-refractivity contribution in [2.24, 2.45) is 12.5 Å². The predicted molar refractivity (Wildman–Crippen MR) is 96.7 cm³/mol. The number of urea groups is 1. The lowest BCUT2D eigenvalue weighted by Gasteiger charge is -2.54. The fourth-order valence-corrected chi connectivity index (χ4v) is 4.18. The summed E-state index contributed by atoms with van der Waals surface area (Å²) in [5.41, 5.74) is -0.000893. The second-order valence-corrected chi connectivity index (χ2v) is 8.14. The molecule has 2 N–H and O–H groups in total. The molecule has 1 saturated carbocycles. The third-order valence-corrected chi connectivity index (χ3v) is 5.70. The van der Waals surface area contributed by atoms with Crippen molar-refractivity contribution in [2.75, 3.05) is 19.6 Å². The molecule has 26 heavy (non-hydrogen) atoms. The van der Waals surface area contributed by atoms with Crippen LogP contribution in [0.5, 0.6) is 0 Å². The van der Waals surface area contributed by atoms with Gasteiger partial charge in [0.25, 0.3) is 0 Å². The minimum Gasteiger partial charge on any atom is -0.480 e. The first-order chi connectivity index (χ1) is 12.2. The van der Waals surface area contributed by atoms with E-state index in [0.717, 1.165) is 18.7 Å². The number of rotatable bonds is 6. The van der Waals surface area contributed by atoms with Gasteiger partial charge in [0.1, 0.15) is 5.82 Å². The van der Waals surface area contributed by atoms with Gasteiger partial charge in [-0.15, -0.1) is 0 Å². The van der Waals surface area contributed by atoms with E-state index in [4.69, 9.17) is 5.11 Å². The summed E-state index contributed by atoms with van der Waals surface area (Å²) in [7, 11) is 1.95. The molecule has 1 unspecified atom stereocenters.